The summed E-state index contributed by atoms with van der Waals surface area (Å²) in [4.78, 5) is 15.0. The van der Waals surface area contributed by atoms with E-state index in [1.807, 2.05) is 43.3 Å². The summed E-state index contributed by atoms with van der Waals surface area (Å²) in [6.45, 7) is 5.33. The third-order valence-corrected chi connectivity index (χ3v) is 8.00. The number of nitrogens with zero attached hydrogens (tertiary/aromatic N) is 2. The highest BCUT2D eigenvalue weighted by Crippen LogP contribution is 2.31. The number of rotatable bonds is 6. The molecule has 3 aromatic carbocycles. The Morgan fingerprint density at radius 2 is 1.74 bits per heavy atom. The zero-order valence-electron chi connectivity index (χ0n) is 22.2. The predicted octanol–water partition coefficient (Wildman–Crippen LogP) is 5.38. The molecule has 2 saturated heterocycles. The highest BCUT2D eigenvalue weighted by molar-refractivity contribution is 6.02. The van der Waals surface area contributed by atoms with Crippen molar-refractivity contribution in [3.63, 3.8) is 0 Å². The molecule has 1 atom stereocenters. The van der Waals surface area contributed by atoms with Crippen LogP contribution in [0.1, 0.15) is 53.6 Å². The van der Waals surface area contributed by atoms with Gasteiger partial charge in [-0.2, -0.15) is 5.10 Å². The van der Waals surface area contributed by atoms with Crippen LogP contribution in [0.25, 0.3) is 29.1 Å². The minimum atomic E-state index is -0.516. The smallest absolute Gasteiger partial charge is 0.247 e. The van der Waals surface area contributed by atoms with Gasteiger partial charge >= 0.3 is 0 Å². The average molecular weight is 519 g/mol. The molecule has 3 N–H and O–H groups in total. The lowest BCUT2D eigenvalue weighted by Crippen LogP contribution is -2.41. The van der Waals surface area contributed by atoms with Gasteiger partial charge in [0.05, 0.1) is 16.8 Å². The number of hydrogen-bond acceptors (Lipinski definition) is 4. The number of amides is 1. The molecule has 2 fully saturated rings. The van der Waals surface area contributed by atoms with Crippen LogP contribution in [0.3, 0.4) is 0 Å². The van der Waals surface area contributed by atoms with Crippen molar-refractivity contribution < 1.29 is 9.90 Å². The van der Waals surface area contributed by atoms with Crippen LogP contribution in [0.15, 0.2) is 78.4 Å². The van der Waals surface area contributed by atoms with Crippen LogP contribution < -0.4 is 5.32 Å². The molecule has 6 rings (SSSR count). The largest absolute Gasteiger partial charge is 0.390 e. The molecular weight excluding hydrogens is 484 g/mol. The minimum Gasteiger partial charge on any atom is -0.390 e. The van der Waals surface area contributed by atoms with Gasteiger partial charge in [0.1, 0.15) is 0 Å². The van der Waals surface area contributed by atoms with E-state index in [2.05, 4.69) is 75.0 Å². The van der Waals surface area contributed by atoms with Crippen molar-refractivity contribution in [2.75, 3.05) is 19.6 Å². The third-order valence-electron chi connectivity index (χ3n) is 8.00. The molecule has 2 aliphatic rings. The van der Waals surface area contributed by atoms with Crippen LogP contribution >= 0.6 is 0 Å². The van der Waals surface area contributed by atoms with E-state index in [1.165, 1.54) is 5.56 Å². The van der Waals surface area contributed by atoms with Crippen molar-refractivity contribution in [3.8, 4) is 0 Å². The standard InChI is InChI=1S/C33H34N4O2/c1-33(39)15-17-37(18-16-33)22-24-9-7-23(8-10-24)12-14-30-27-13-11-25(20-31(27)36-35-30)19-28-29(21-34-32(28)38)26-5-3-2-4-6-26/h2-14,19-20,29,39H,15-18,21-22H2,1H3,(H,34,38)(H,35,36)/b14-12+,28-19?. The van der Waals surface area contributed by atoms with Crippen LogP contribution in [0.2, 0.25) is 0 Å². The number of aromatic amines is 1. The zero-order valence-corrected chi connectivity index (χ0v) is 22.2. The Balaban J connectivity index is 1.14. The molecule has 0 bridgehead atoms. The molecule has 4 aromatic rings. The first-order valence-corrected chi connectivity index (χ1v) is 13.7. The van der Waals surface area contributed by atoms with Crippen molar-refractivity contribution in [1.82, 2.24) is 20.4 Å². The van der Waals surface area contributed by atoms with Crippen LogP contribution in [-0.4, -0.2) is 51.3 Å². The van der Waals surface area contributed by atoms with E-state index in [0.29, 0.717) is 6.54 Å². The van der Waals surface area contributed by atoms with Crippen molar-refractivity contribution in [2.24, 2.45) is 0 Å². The summed E-state index contributed by atoms with van der Waals surface area (Å²) >= 11 is 0. The lowest BCUT2D eigenvalue weighted by Gasteiger charge is -2.35. The maximum Gasteiger partial charge on any atom is 0.247 e. The van der Waals surface area contributed by atoms with Gasteiger partial charge in [0.25, 0.3) is 0 Å². The number of nitrogens with one attached hydrogen (secondary N) is 2. The number of aliphatic hydroxyl groups is 1. The molecule has 0 radical (unpaired) electrons. The Kier molecular flexibility index (Phi) is 6.90. The molecule has 39 heavy (non-hydrogen) atoms. The van der Waals surface area contributed by atoms with Gasteiger partial charge in [-0.15, -0.1) is 0 Å². The van der Waals surface area contributed by atoms with Gasteiger partial charge in [-0.3, -0.25) is 14.8 Å². The number of H-pyrrole nitrogens is 1. The second kappa shape index (κ2) is 10.6. The molecule has 1 aromatic heterocycles. The van der Waals surface area contributed by atoms with Crippen molar-refractivity contribution in [1.29, 1.82) is 0 Å². The maximum atomic E-state index is 12.6. The van der Waals surface area contributed by atoms with Gasteiger partial charge in [0.15, 0.2) is 0 Å². The van der Waals surface area contributed by atoms with E-state index in [1.54, 1.807) is 0 Å². The number of hydrogen-bond donors (Lipinski definition) is 3. The van der Waals surface area contributed by atoms with E-state index in [-0.39, 0.29) is 11.8 Å². The Bertz CT molecular complexity index is 1520. The van der Waals surface area contributed by atoms with E-state index in [0.717, 1.165) is 71.3 Å². The molecule has 0 spiro atoms. The maximum absolute atomic E-state index is 12.6. The summed E-state index contributed by atoms with van der Waals surface area (Å²) in [5.74, 6) is 0.0459. The summed E-state index contributed by atoms with van der Waals surface area (Å²) in [7, 11) is 0. The summed E-state index contributed by atoms with van der Waals surface area (Å²) in [5, 5.41) is 21.9. The Hall–Kier alpha value is -4.00. The van der Waals surface area contributed by atoms with Gasteiger partial charge in [0, 0.05) is 43.1 Å². The van der Waals surface area contributed by atoms with Crippen molar-refractivity contribution >= 4 is 35.0 Å². The van der Waals surface area contributed by atoms with Crippen LogP contribution in [0.4, 0.5) is 0 Å². The Morgan fingerprint density at radius 1 is 1.00 bits per heavy atom. The third kappa shape index (κ3) is 5.72. The molecule has 198 valence electrons. The lowest BCUT2D eigenvalue weighted by molar-refractivity contribution is -0.116. The molecule has 1 unspecified atom stereocenters. The fourth-order valence-corrected chi connectivity index (χ4v) is 5.53. The SMILES string of the molecule is CC1(O)CCN(Cc2ccc(/C=C/c3n[nH]c4cc(C=C5C(=O)NCC5c5ccccc5)ccc34)cc2)CC1. The molecule has 0 aliphatic carbocycles. The second-order valence-electron chi connectivity index (χ2n) is 11.0. The first-order chi connectivity index (χ1) is 18.9. The quantitative estimate of drug-likeness (QED) is 0.300. The molecule has 6 heteroatoms. The van der Waals surface area contributed by atoms with Crippen LogP contribution in [-0.2, 0) is 11.3 Å². The molecule has 3 heterocycles. The van der Waals surface area contributed by atoms with Gasteiger partial charge in [-0.05, 0) is 66.3 Å². The zero-order chi connectivity index (χ0) is 26.8. The number of carbonyl (C=O) groups is 1. The van der Waals surface area contributed by atoms with Crippen molar-refractivity contribution in [3.05, 3.63) is 106 Å². The lowest BCUT2D eigenvalue weighted by atomic mass is 9.92. The Labute approximate surface area is 229 Å². The molecule has 1 amide bonds. The monoisotopic (exact) mass is 518 g/mol. The van der Waals surface area contributed by atoms with Gasteiger partial charge in [-0.25, -0.2) is 0 Å². The number of piperidine rings is 1. The Morgan fingerprint density at radius 3 is 2.51 bits per heavy atom. The molecular formula is C33H34N4O2. The summed E-state index contributed by atoms with van der Waals surface area (Å²) in [6.07, 6.45) is 7.76. The number of carbonyl (C=O) groups excluding carboxylic acids is 1. The fourth-order valence-electron chi connectivity index (χ4n) is 5.53. The molecule has 0 saturated carbocycles. The minimum absolute atomic E-state index is 0.00715. The molecule has 2 aliphatic heterocycles. The van der Waals surface area contributed by atoms with E-state index >= 15 is 0 Å². The summed E-state index contributed by atoms with van der Waals surface area (Å²) in [5.41, 5.74) is 6.62. The van der Waals surface area contributed by atoms with Crippen LogP contribution in [0, 0.1) is 0 Å². The van der Waals surface area contributed by atoms with E-state index in [4.69, 9.17) is 0 Å². The van der Waals surface area contributed by atoms with Crippen LogP contribution in [0.5, 0.6) is 0 Å². The first-order valence-electron chi connectivity index (χ1n) is 13.7. The summed E-state index contributed by atoms with van der Waals surface area (Å²) in [6, 6.07) is 25.0. The van der Waals surface area contributed by atoms with Crippen molar-refractivity contribution in [2.45, 2.75) is 37.8 Å². The van der Waals surface area contributed by atoms with Gasteiger partial charge in [-0.1, -0.05) is 66.7 Å². The van der Waals surface area contributed by atoms with Gasteiger partial charge in [0.2, 0.25) is 5.91 Å². The van der Waals surface area contributed by atoms with E-state index in [9.17, 15) is 9.90 Å². The number of fused-ring (bicyclic) bond motifs is 1. The van der Waals surface area contributed by atoms with Gasteiger partial charge < -0.3 is 10.4 Å². The van der Waals surface area contributed by atoms with E-state index < -0.39 is 5.60 Å². The number of aromatic nitrogens is 2. The summed E-state index contributed by atoms with van der Waals surface area (Å²) < 4.78 is 0. The highest BCUT2D eigenvalue weighted by atomic mass is 16.3. The highest BCUT2D eigenvalue weighted by Gasteiger charge is 2.29. The predicted molar refractivity (Wildman–Crippen MR) is 157 cm³/mol. The number of likely N-dealkylation sites (tertiary alicyclic amines) is 1. The second-order valence-corrected chi connectivity index (χ2v) is 11.0. The molecule has 6 nitrogen and oxygen atoms in total. The average Bonchev–Trinajstić information content (AvgIpc) is 3.52. The number of benzene rings is 3. The topological polar surface area (TPSA) is 81.2 Å². The fraction of sp³-hybridized carbons (Fsp3) is 0.273. The first kappa shape index (κ1) is 25.3. The normalized spacial score (nSPS) is 20.7.